The van der Waals surface area contributed by atoms with Crippen LogP contribution in [0.1, 0.15) is 50.8 Å². The topological polar surface area (TPSA) is 69.3 Å². The van der Waals surface area contributed by atoms with Crippen LogP contribution in [0.4, 0.5) is 0 Å². The van der Waals surface area contributed by atoms with Gasteiger partial charge in [-0.25, -0.2) is 4.98 Å². The van der Waals surface area contributed by atoms with Crippen LogP contribution in [0.25, 0.3) is 10.9 Å². The maximum absolute atomic E-state index is 13.4. The predicted octanol–water partition coefficient (Wildman–Crippen LogP) is 3.28. The van der Waals surface area contributed by atoms with Crippen LogP contribution in [-0.2, 0) is 11.2 Å². The number of hydrogen-bond donors (Lipinski definition) is 1. The number of para-hydroxylation sites is 1. The number of carbonyl (C=O) groups excluding carboxylic acids is 1. The van der Waals surface area contributed by atoms with Crippen LogP contribution in [0.15, 0.2) is 40.7 Å². The average molecular weight is 433 g/mol. The fourth-order valence-corrected chi connectivity index (χ4v) is 6.88. The Balaban J connectivity index is 1.20. The number of piperidine rings is 3. The highest BCUT2D eigenvalue weighted by molar-refractivity contribution is 5.78. The summed E-state index contributed by atoms with van der Waals surface area (Å²) in [5.41, 5.74) is 2.09. The Labute approximate surface area is 188 Å². The van der Waals surface area contributed by atoms with Crippen molar-refractivity contribution < 1.29 is 4.79 Å². The number of fused-ring (bicyclic) bond motifs is 7. The lowest BCUT2D eigenvalue weighted by Crippen LogP contribution is -2.60. The fraction of sp³-hybridized carbons (Fsp3) is 0.577. The van der Waals surface area contributed by atoms with E-state index in [0.717, 1.165) is 32.0 Å². The third-order valence-corrected chi connectivity index (χ3v) is 8.22. The molecule has 6 rings (SSSR count). The number of nitrogens with one attached hydrogen (secondary N) is 1. The number of hydrogen-bond acceptors (Lipinski definition) is 4. The standard InChI is InChI=1S/C26H32N4O2/c31-24(11-10-23-27-21-8-2-1-7-20(21)26(32)28-23)30-13-5-6-17-14-18-15-19(25(17)30)16-29-12-4-3-9-22(18)29/h1-2,7-8,14,18-19,22,25H,3-6,9-13,15-16H2,(H,27,28,32)/t18-,19+,22-,25-/m0/s1. The normalized spacial score (nSPS) is 29.9. The predicted molar refractivity (Wildman–Crippen MR) is 124 cm³/mol. The fourth-order valence-electron chi connectivity index (χ4n) is 6.88. The van der Waals surface area contributed by atoms with Crippen LogP contribution in [-0.4, -0.2) is 57.4 Å². The minimum absolute atomic E-state index is 0.127. The molecule has 1 aliphatic carbocycles. The van der Waals surface area contributed by atoms with Gasteiger partial charge in [0.05, 0.1) is 16.9 Å². The summed E-state index contributed by atoms with van der Waals surface area (Å²) in [5, 5.41) is 0.596. The molecule has 0 radical (unpaired) electrons. The number of amides is 1. The Bertz CT molecular complexity index is 1120. The van der Waals surface area contributed by atoms with Gasteiger partial charge in [-0.15, -0.1) is 0 Å². The molecule has 4 atom stereocenters. The zero-order valence-corrected chi connectivity index (χ0v) is 18.6. The lowest BCUT2D eigenvalue weighted by atomic mass is 9.68. The van der Waals surface area contributed by atoms with Gasteiger partial charge < -0.3 is 9.88 Å². The van der Waals surface area contributed by atoms with E-state index < -0.39 is 0 Å². The third-order valence-electron chi connectivity index (χ3n) is 8.22. The highest BCUT2D eigenvalue weighted by atomic mass is 16.2. The van der Waals surface area contributed by atoms with E-state index in [2.05, 4.69) is 25.8 Å². The monoisotopic (exact) mass is 432 g/mol. The SMILES string of the molecule is O=C(CCc1nc2ccccc2c(=O)[nH]1)N1CCCC2=C[C@H]3C[C@H](CN4CCCC[C@@H]34)[C@H]21. The number of aryl methyl sites for hydroxylation is 1. The van der Waals surface area contributed by atoms with Crippen LogP contribution >= 0.6 is 0 Å². The minimum Gasteiger partial charge on any atom is -0.336 e. The van der Waals surface area contributed by atoms with Crippen molar-refractivity contribution >= 4 is 16.8 Å². The molecule has 6 heteroatoms. The number of H-pyrrole nitrogens is 1. The Morgan fingerprint density at radius 1 is 1.16 bits per heavy atom. The van der Waals surface area contributed by atoms with Gasteiger partial charge in [0.15, 0.2) is 0 Å². The van der Waals surface area contributed by atoms with Crippen LogP contribution in [0.5, 0.6) is 0 Å². The summed E-state index contributed by atoms with van der Waals surface area (Å²) in [7, 11) is 0. The minimum atomic E-state index is -0.127. The van der Waals surface area contributed by atoms with E-state index in [1.54, 1.807) is 6.07 Å². The molecule has 6 nitrogen and oxygen atoms in total. The van der Waals surface area contributed by atoms with Gasteiger partial charge in [-0.2, -0.15) is 0 Å². The largest absolute Gasteiger partial charge is 0.336 e. The van der Waals surface area contributed by atoms with Gasteiger partial charge in [0.25, 0.3) is 5.56 Å². The van der Waals surface area contributed by atoms with Crippen LogP contribution in [0, 0.1) is 11.8 Å². The van der Waals surface area contributed by atoms with Crippen molar-refractivity contribution in [3.63, 3.8) is 0 Å². The zero-order valence-electron chi connectivity index (χ0n) is 18.6. The molecule has 2 bridgehead atoms. The number of aromatic amines is 1. The van der Waals surface area contributed by atoms with E-state index in [4.69, 9.17) is 0 Å². The summed E-state index contributed by atoms with van der Waals surface area (Å²) in [6, 6.07) is 8.38. The summed E-state index contributed by atoms with van der Waals surface area (Å²) in [6.45, 7) is 3.22. The summed E-state index contributed by atoms with van der Waals surface area (Å²) < 4.78 is 0. The molecule has 4 aliphatic rings. The third kappa shape index (κ3) is 3.49. The Morgan fingerprint density at radius 3 is 3.00 bits per heavy atom. The van der Waals surface area contributed by atoms with Gasteiger partial charge in [0, 0.05) is 32.0 Å². The van der Waals surface area contributed by atoms with E-state index in [-0.39, 0.29) is 17.5 Å². The van der Waals surface area contributed by atoms with Crippen molar-refractivity contribution in [3.8, 4) is 0 Å². The zero-order chi connectivity index (χ0) is 21.7. The second-order valence-corrected chi connectivity index (χ2v) is 10.1. The maximum atomic E-state index is 13.4. The molecule has 1 N–H and O–H groups in total. The number of carbonyl (C=O) groups is 1. The molecule has 3 fully saturated rings. The number of likely N-dealkylation sites (tertiary alicyclic amines) is 1. The van der Waals surface area contributed by atoms with Crippen molar-refractivity contribution in [2.24, 2.45) is 11.8 Å². The van der Waals surface area contributed by atoms with Crippen LogP contribution in [0.3, 0.4) is 0 Å². The Kier molecular flexibility index (Phi) is 5.13. The van der Waals surface area contributed by atoms with E-state index in [9.17, 15) is 9.59 Å². The van der Waals surface area contributed by atoms with Gasteiger partial charge in [0.1, 0.15) is 5.82 Å². The van der Waals surface area contributed by atoms with Gasteiger partial charge >= 0.3 is 0 Å². The molecule has 0 saturated carbocycles. The van der Waals surface area contributed by atoms with Crippen molar-refractivity contribution in [2.75, 3.05) is 19.6 Å². The lowest BCUT2D eigenvalue weighted by Gasteiger charge is -2.54. The molecule has 0 spiro atoms. The van der Waals surface area contributed by atoms with E-state index in [1.165, 1.54) is 37.8 Å². The van der Waals surface area contributed by atoms with Crippen molar-refractivity contribution in [2.45, 2.75) is 63.5 Å². The number of rotatable bonds is 3. The first-order chi connectivity index (χ1) is 15.7. The summed E-state index contributed by atoms with van der Waals surface area (Å²) >= 11 is 0. The molecule has 1 aromatic heterocycles. The van der Waals surface area contributed by atoms with Crippen molar-refractivity contribution in [3.05, 3.63) is 52.1 Å². The molecule has 1 amide bonds. The summed E-state index contributed by atoms with van der Waals surface area (Å²) in [6.07, 6.45) is 10.9. The van der Waals surface area contributed by atoms with Gasteiger partial charge in [0.2, 0.25) is 5.91 Å². The number of nitrogens with zero attached hydrogens (tertiary/aromatic N) is 3. The Morgan fingerprint density at radius 2 is 2.06 bits per heavy atom. The molecule has 168 valence electrons. The highest BCUT2D eigenvalue weighted by Gasteiger charge is 2.46. The first-order valence-electron chi connectivity index (χ1n) is 12.4. The van der Waals surface area contributed by atoms with Gasteiger partial charge in [-0.05, 0) is 62.6 Å². The molecule has 3 aliphatic heterocycles. The first-order valence-corrected chi connectivity index (χ1v) is 12.4. The van der Waals surface area contributed by atoms with Gasteiger partial charge in [-0.1, -0.05) is 30.2 Å². The molecular weight excluding hydrogens is 400 g/mol. The van der Waals surface area contributed by atoms with E-state index in [0.29, 0.717) is 41.4 Å². The first kappa shape index (κ1) is 20.2. The van der Waals surface area contributed by atoms with Crippen LogP contribution in [0.2, 0.25) is 0 Å². The summed E-state index contributed by atoms with van der Waals surface area (Å²) in [5.74, 6) is 2.06. The van der Waals surface area contributed by atoms with Crippen molar-refractivity contribution in [1.29, 1.82) is 0 Å². The molecule has 3 saturated heterocycles. The smallest absolute Gasteiger partial charge is 0.258 e. The lowest BCUT2D eigenvalue weighted by molar-refractivity contribution is -0.136. The average Bonchev–Trinajstić information content (AvgIpc) is 2.82. The highest BCUT2D eigenvalue weighted by Crippen LogP contribution is 2.45. The molecule has 4 heterocycles. The maximum Gasteiger partial charge on any atom is 0.258 e. The molecular formula is C26H32N4O2. The molecule has 32 heavy (non-hydrogen) atoms. The van der Waals surface area contributed by atoms with Crippen molar-refractivity contribution in [1.82, 2.24) is 19.8 Å². The van der Waals surface area contributed by atoms with E-state index in [1.807, 2.05) is 18.2 Å². The quantitative estimate of drug-likeness (QED) is 0.756. The second kappa shape index (κ2) is 8.14. The Hall–Kier alpha value is -2.47. The van der Waals surface area contributed by atoms with Crippen LogP contribution < -0.4 is 5.56 Å². The number of aromatic nitrogens is 2. The number of benzene rings is 1. The van der Waals surface area contributed by atoms with E-state index >= 15 is 0 Å². The molecule has 1 aromatic carbocycles. The molecule has 2 aromatic rings. The molecule has 0 unspecified atom stereocenters. The van der Waals surface area contributed by atoms with Gasteiger partial charge in [-0.3, -0.25) is 14.5 Å². The second-order valence-electron chi connectivity index (χ2n) is 10.1. The summed E-state index contributed by atoms with van der Waals surface area (Å²) in [4.78, 5) is 38.1.